The van der Waals surface area contributed by atoms with Gasteiger partial charge >= 0.3 is 5.97 Å². The molecule has 0 radical (unpaired) electrons. The van der Waals surface area contributed by atoms with Gasteiger partial charge in [-0.05, 0) is 49.7 Å². The largest absolute Gasteiger partial charge is 0.462 e. The number of rotatable bonds is 7. The normalized spacial score (nSPS) is 10.3. The number of ether oxygens (including phenoxy) is 1. The molecule has 0 spiro atoms. The van der Waals surface area contributed by atoms with Crippen molar-refractivity contribution in [1.29, 1.82) is 0 Å². The van der Waals surface area contributed by atoms with Crippen LogP contribution >= 0.6 is 0 Å². The summed E-state index contributed by atoms with van der Waals surface area (Å²) in [7, 11) is 0. The molecule has 0 saturated carbocycles. The molecule has 6 heteroatoms. The predicted molar refractivity (Wildman–Crippen MR) is 112 cm³/mol. The number of carbonyl (C=O) groups is 2. The van der Waals surface area contributed by atoms with Crippen molar-refractivity contribution in [2.75, 3.05) is 11.9 Å². The van der Waals surface area contributed by atoms with E-state index in [0.29, 0.717) is 30.0 Å². The Bertz CT molecular complexity index is 983. The van der Waals surface area contributed by atoms with Crippen molar-refractivity contribution in [3.8, 4) is 0 Å². The lowest BCUT2D eigenvalue weighted by Crippen LogP contribution is -2.23. The molecule has 0 saturated heterocycles. The number of benzene rings is 2. The Kier molecular flexibility index (Phi) is 6.58. The number of hydrogen-bond acceptors (Lipinski definition) is 5. The topological polar surface area (TPSA) is 80.3 Å². The fourth-order valence-electron chi connectivity index (χ4n) is 2.69. The van der Waals surface area contributed by atoms with Crippen LogP contribution in [0.2, 0.25) is 0 Å². The fourth-order valence-corrected chi connectivity index (χ4v) is 2.69. The zero-order chi connectivity index (χ0) is 20.6. The van der Waals surface area contributed by atoms with Gasteiger partial charge in [0, 0.05) is 18.4 Å². The van der Waals surface area contributed by atoms with E-state index in [2.05, 4.69) is 15.6 Å². The Hall–Kier alpha value is -3.67. The Balaban J connectivity index is 1.62. The maximum absolute atomic E-state index is 12.4. The number of aryl methyl sites for hydroxylation is 1. The standard InChI is InChI=1S/C23H23N3O3/c1-3-29-23(28)18-8-10-20(11-9-18)26-21-12-19(14-24-15-21)22(27)25-13-17-6-4-16(2)5-7-17/h4-12,14-15,26H,3,13H2,1-2H3,(H,25,27). The molecule has 0 aliphatic carbocycles. The molecule has 0 aliphatic heterocycles. The molecule has 0 aliphatic rings. The maximum Gasteiger partial charge on any atom is 0.338 e. The number of anilines is 2. The first-order valence-corrected chi connectivity index (χ1v) is 9.38. The van der Waals surface area contributed by atoms with Gasteiger partial charge in [-0.15, -0.1) is 0 Å². The molecule has 3 rings (SSSR count). The predicted octanol–water partition coefficient (Wildman–Crippen LogP) is 4.24. The van der Waals surface area contributed by atoms with Crippen LogP contribution in [0.5, 0.6) is 0 Å². The monoisotopic (exact) mass is 389 g/mol. The van der Waals surface area contributed by atoms with Crippen molar-refractivity contribution in [3.05, 3.63) is 89.2 Å². The van der Waals surface area contributed by atoms with E-state index in [1.54, 1.807) is 43.5 Å². The zero-order valence-electron chi connectivity index (χ0n) is 16.4. The van der Waals surface area contributed by atoms with Gasteiger partial charge in [0.25, 0.3) is 5.91 Å². The number of esters is 1. The van der Waals surface area contributed by atoms with Gasteiger partial charge < -0.3 is 15.4 Å². The molecule has 6 nitrogen and oxygen atoms in total. The van der Waals surface area contributed by atoms with Crippen molar-refractivity contribution in [3.63, 3.8) is 0 Å². The van der Waals surface area contributed by atoms with Crippen LogP contribution in [0.25, 0.3) is 0 Å². The average molecular weight is 389 g/mol. The zero-order valence-corrected chi connectivity index (χ0v) is 16.4. The van der Waals surface area contributed by atoms with Crippen LogP contribution < -0.4 is 10.6 Å². The lowest BCUT2D eigenvalue weighted by Gasteiger charge is -2.09. The fraction of sp³-hybridized carbons (Fsp3) is 0.174. The molecule has 29 heavy (non-hydrogen) atoms. The molecule has 1 heterocycles. The van der Waals surface area contributed by atoms with Crippen LogP contribution in [0.4, 0.5) is 11.4 Å². The Morgan fingerprint density at radius 1 is 0.931 bits per heavy atom. The molecule has 0 bridgehead atoms. The van der Waals surface area contributed by atoms with Crippen LogP contribution in [0, 0.1) is 6.92 Å². The average Bonchev–Trinajstić information content (AvgIpc) is 2.74. The summed E-state index contributed by atoms with van der Waals surface area (Å²) in [6.07, 6.45) is 3.16. The molecule has 1 aromatic heterocycles. The summed E-state index contributed by atoms with van der Waals surface area (Å²) >= 11 is 0. The number of aromatic nitrogens is 1. The maximum atomic E-state index is 12.4. The third kappa shape index (κ3) is 5.65. The van der Waals surface area contributed by atoms with E-state index in [1.165, 1.54) is 11.8 Å². The highest BCUT2D eigenvalue weighted by Gasteiger charge is 2.08. The minimum absolute atomic E-state index is 0.195. The quantitative estimate of drug-likeness (QED) is 0.591. The van der Waals surface area contributed by atoms with Crippen molar-refractivity contribution >= 4 is 23.3 Å². The van der Waals surface area contributed by atoms with Crippen molar-refractivity contribution in [1.82, 2.24) is 10.3 Å². The second-order valence-corrected chi connectivity index (χ2v) is 6.55. The summed E-state index contributed by atoms with van der Waals surface area (Å²) in [5, 5.41) is 6.08. The first-order chi connectivity index (χ1) is 14.0. The lowest BCUT2D eigenvalue weighted by atomic mass is 10.1. The van der Waals surface area contributed by atoms with E-state index in [0.717, 1.165) is 11.3 Å². The Morgan fingerprint density at radius 2 is 1.66 bits per heavy atom. The first-order valence-electron chi connectivity index (χ1n) is 9.38. The molecule has 148 valence electrons. The van der Waals surface area contributed by atoms with Crippen LogP contribution in [-0.2, 0) is 11.3 Å². The number of amides is 1. The molecule has 0 fully saturated rings. The summed E-state index contributed by atoms with van der Waals surface area (Å²) in [6.45, 7) is 4.58. The number of nitrogens with one attached hydrogen (secondary N) is 2. The Labute approximate surface area is 169 Å². The molecule has 2 aromatic carbocycles. The summed E-state index contributed by atoms with van der Waals surface area (Å²) in [6, 6.07) is 16.7. The number of hydrogen-bond donors (Lipinski definition) is 2. The molecule has 1 amide bonds. The van der Waals surface area contributed by atoms with Gasteiger partial charge in [-0.2, -0.15) is 0 Å². The molecule has 3 aromatic rings. The lowest BCUT2D eigenvalue weighted by molar-refractivity contribution is 0.0526. The third-order valence-electron chi connectivity index (χ3n) is 4.26. The minimum Gasteiger partial charge on any atom is -0.462 e. The van der Waals surface area contributed by atoms with Gasteiger partial charge in [-0.3, -0.25) is 9.78 Å². The highest BCUT2D eigenvalue weighted by Crippen LogP contribution is 2.18. The number of carbonyl (C=O) groups excluding carboxylic acids is 2. The Morgan fingerprint density at radius 3 is 2.34 bits per heavy atom. The van der Waals surface area contributed by atoms with Gasteiger partial charge in [-0.1, -0.05) is 29.8 Å². The van der Waals surface area contributed by atoms with Gasteiger partial charge in [0.2, 0.25) is 0 Å². The van der Waals surface area contributed by atoms with Crippen molar-refractivity contribution in [2.24, 2.45) is 0 Å². The van der Waals surface area contributed by atoms with Gasteiger partial charge in [0.05, 0.1) is 29.6 Å². The summed E-state index contributed by atoms with van der Waals surface area (Å²) in [5.41, 5.74) is 4.62. The molecular formula is C23H23N3O3. The van der Waals surface area contributed by atoms with Gasteiger partial charge in [-0.25, -0.2) is 4.79 Å². The van der Waals surface area contributed by atoms with Gasteiger partial charge in [0.15, 0.2) is 0 Å². The minimum atomic E-state index is -0.354. The van der Waals surface area contributed by atoms with Crippen molar-refractivity contribution in [2.45, 2.75) is 20.4 Å². The van der Waals surface area contributed by atoms with E-state index in [9.17, 15) is 9.59 Å². The summed E-state index contributed by atoms with van der Waals surface area (Å²) in [4.78, 5) is 28.3. The molecule has 0 unspecified atom stereocenters. The van der Waals surface area contributed by atoms with E-state index in [-0.39, 0.29) is 11.9 Å². The van der Waals surface area contributed by atoms with Crippen LogP contribution in [0.15, 0.2) is 67.0 Å². The van der Waals surface area contributed by atoms with E-state index in [1.807, 2.05) is 31.2 Å². The molecule has 0 atom stereocenters. The van der Waals surface area contributed by atoms with Gasteiger partial charge in [0.1, 0.15) is 0 Å². The number of pyridine rings is 1. The van der Waals surface area contributed by atoms with Crippen LogP contribution in [-0.4, -0.2) is 23.5 Å². The summed E-state index contributed by atoms with van der Waals surface area (Å²) < 4.78 is 4.98. The first kappa shape index (κ1) is 20.1. The summed E-state index contributed by atoms with van der Waals surface area (Å²) in [5.74, 6) is -0.549. The van der Waals surface area contributed by atoms with E-state index < -0.39 is 0 Å². The highest BCUT2D eigenvalue weighted by molar-refractivity contribution is 5.95. The smallest absolute Gasteiger partial charge is 0.338 e. The highest BCUT2D eigenvalue weighted by atomic mass is 16.5. The van der Waals surface area contributed by atoms with E-state index in [4.69, 9.17) is 4.74 Å². The van der Waals surface area contributed by atoms with Crippen LogP contribution in [0.3, 0.4) is 0 Å². The molecule has 2 N–H and O–H groups in total. The van der Waals surface area contributed by atoms with Crippen molar-refractivity contribution < 1.29 is 14.3 Å². The molecular weight excluding hydrogens is 366 g/mol. The van der Waals surface area contributed by atoms with E-state index >= 15 is 0 Å². The number of nitrogens with zero attached hydrogens (tertiary/aromatic N) is 1. The second-order valence-electron chi connectivity index (χ2n) is 6.55. The SMILES string of the molecule is CCOC(=O)c1ccc(Nc2cncc(C(=O)NCc3ccc(C)cc3)c2)cc1. The third-order valence-corrected chi connectivity index (χ3v) is 4.26. The van der Waals surface area contributed by atoms with Crippen LogP contribution in [0.1, 0.15) is 38.8 Å². The second kappa shape index (κ2) is 9.50.